The Hall–Kier alpha value is -2.63. The van der Waals surface area contributed by atoms with Crippen LogP contribution in [-0.4, -0.2) is 16.8 Å². The summed E-state index contributed by atoms with van der Waals surface area (Å²) in [5, 5.41) is 10.6. The minimum atomic E-state index is -0.577. The zero-order valence-corrected chi connectivity index (χ0v) is 10.2. The fourth-order valence-electron chi connectivity index (χ4n) is 1.93. The van der Waals surface area contributed by atoms with Crippen LogP contribution in [0.4, 0.5) is 11.4 Å². The Morgan fingerprint density at radius 3 is 2.95 bits per heavy atom. The number of ether oxygens (including phenoxy) is 1. The molecule has 0 aliphatic heterocycles. The lowest BCUT2D eigenvalue weighted by Gasteiger charge is -2.12. The quantitative estimate of drug-likeness (QED) is 0.688. The van der Waals surface area contributed by atoms with Gasteiger partial charge in [0.25, 0.3) is 10.9 Å². The average molecular weight is 257 g/mol. The molecule has 0 saturated heterocycles. The molecule has 0 atom stereocenters. The van der Waals surface area contributed by atoms with E-state index in [4.69, 9.17) is 4.74 Å². The predicted molar refractivity (Wildman–Crippen MR) is 71.9 cm³/mol. The van der Waals surface area contributed by atoms with E-state index in [1.165, 1.54) is 0 Å². The lowest BCUT2D eigenvalue weighted by atomic mass is 10.2. The minimum Gasteiger partial charge on any atom is -0.488 e. The van der Waals surface area contributed by atoms with Gasteiger partial charge in [-0.05, 0) is 25.1 Å². The SMILES string of the molecule is CCOc1c(Nc2ccc3cn[nH]c3c2)c(=O)c1=O. The first-order chi connectivity index (χ1) is 9.20. The van der Waals surface area contributed by atoms with Crippen molar-refractivity contribution in [3.63, 3.8) is 0 Å². The first-order valence-corrected chi connectivity index (χ1v) is 5.87. The minimum absolute atomic E-state index is 0.109. The monoisotopic (exact) mass is 257 g/mol. The van der Waals surface area contributed by atoms with Gasteiger partial charge in [-0.25, -0.2) is 0 Å². The normalized spacial score (nSPS) is 11.0. The maximum absolute atomic E-state index is 11.5. The van der Waals surface area contributed by atoms with Gasteiger partial charge in [-0.3, -0.25) is 14.7 Å². The van der Waals surface area contributed by atoms with Gasteiger partial charge in [0.2, 0.25) is 0 Å². The van der Waals surface area contributed by atoms with E-state index in [1.54, 1.807) is 13.1 Å². The van der Waals surface area contributed by atoms with Gasteiger partial charge in [-0.1, -0.05) is 0 Å². The average Bonchev–Trinajstić information content (AvgIpc) is 2.89. The molecular weight excluding hydrogens is 246 g/mol. The Balaban J connectivity index is 1.94. The molecule has 19 heavy (non-hydrogen) atoms. The zero-order chi connectivity index (χ0) is 13.4. The molecule has 0 amide bonds. The fraction of sp³-hybridized carbons (Fsp3) is 0.154. The van der Waals surface area contributed by atoms with Crippen LogP contribution in [0.2, 0.25) is 0 Å². The Kier molecular flexibility index (Phi) is 2.56. The predicted octanol–water partition coefficient (Wildman–Crippen LogP) is 1.30. The maximum atomic E-state index is 11.5. The van der Waals surface area contributed by atoms with Crippen LogP contribution >= 0.6 is 0 Å². The van der Waals surface area contributed by atoms with Crippen LogP contribution in [0.15, 0.2) is 34.0 Å². The van der Waals surface area contributed by atoms with Crippen molar-refractivity contribution in [3.8, 4) is 5.75 Å². The number of benzene rings is 1. The number of H-pyrrole nitrogens is 1. The second kappa shape index (κ2) is 4.24. The second-order valence-corrected chi connectivity index (χ2v) is 4.09. The fourth-order valence-corrected chi connectivity index (χ4v) is 1.93. The summed E-state index contributed by atoms with van der Waals surface area (Å²) >= 11 is 0. The van der Waals surface area contributed by atoms with E-state index < -0.39 is 10.9 Å². The number of hydrogen-bond donors (Lipinski definition) is 2. The molecule has 0 fully saturated rings. The Labute approximate surface area is 107 Å². The molecule has 6 heteroatoms. The van der Waals surface area contributed by atoms with Crippen LogP contribution < -0.4 is 20.9 Å². The van der Waals surface area contributed by atoms with Gasteiger partial charge in [0.1, 0.15) is 5.69 Å². The molecular formula is C13H11N3O3. The second-order valence-electron chi connectivity index (χ2n) is 4.09. The van der Waals surface area contributed by atoms with Crippen molar-refractivity contribution in [1.82, 2.24) is 10.2 Å². The summed E-state index contributed by atoms with van der Waals surface area (Å²) in [7, 11) is 0. The van der Waals surface area contributed by atoms with Crippen LogP contribution in [0.5, 0.6) is 5.75 Å². The van der Waals surface area contributed by atoms with E-state index in [9.17, 15) is 9.59 Å². The van der Waals surface area contributed by atoms with Crippen molar-refractivity contribution in [2.24, 2.45) is 0 Å². The third-order valence-electron chi connectivity index (χ3n) is 2.87. The lowest BCUT2D eigenvalue weighted by Crippen LogP contribution is -2.35. The Bertz CT molecular complexity index is 812. The third kappa shape index (κ3) is 1.77. The highest BCUT2D eigenvalue weighted by molar-refractivity contribution is 5.83. The molecule has 2 N–H and O–H groups in total. The van der Waals surface area contributed by atoms with Crippen LogP contribution in [0.3, 0.4) is 0 Å². The molecule has 3 rings (SSSR count). The largest absolute Gasteiger partial charge is 0.488 e. The molecule has 0 saturated carbocycles. The standard InChI is InChI=1S/C13H11N3O3/c1-2-19-13-10(11(17)12(13)18)15-8-4-3-7-6-14-16-9(7)5-8/h3-6,15H,2H2,1H3,(H,14,16). The van der Waals surface area contributed by atoms with Gasteiger partial charge >= 0.3 is 0 Å². The van der Waals surface area contributed by atoms with Gasteiger partial charge < -0.3 is 10.1 Å². The van der Waals surface area contributed by atoms with Crippen LogP contribution in [0, 0.1) is 0 Å². The van der Waals surface area contributed by atoms with Crippen molar-refractivity contribution in [2.75, 3.05) is 11.9 Å². The van der Waals surface area contributed by atoms with E-state index in [0.29, 0.717) is 12.3 Å². The molecule has 1 heterocycles. The summed E-state index contributed by atoms with van der Waals surface area (Å²) in [4.78, 5) is 22.8. The van der Waals surface area contributed by atoms with Gasteiger partial charge in [0.15, 0.2) is 5.75 Å². The Morgan fingerprint density at radius 1 is 1.32 bits per heavy atom. The van der Waals surface area contributed by atoms with Gasteiger partial charge in [-0.15, -0.1) is 0 Å². The number of anilines is 2. The third-order valence-corrected chi connectivity index (χ3v) is 2.87. The Morgan fingerprint density at radius 2 is 2.16 bits per heavy atom. The molecule has 3 aromatic rings. The van der Waals surface area contributed by atoms with Crippen molar-refractivity contribution in [3.05, 3.63) is 44.8 Å². The molecule has 0 unspecified atom stereocenters. The van der Waals surface area contributed by atoms with E-state index in [2.05, 4.69) is 15.5 Å². The first kappa shape index (κ1) is 11.5. The van der Waals surface area contributed by atoms with E-state index in [-0.39, 0.29) is 11.4 Å². The van der Waals surface area contributed by atoms with Crippen LogP contribution in [0.25, 0.3) is 10.9 Å². The van der Waals surface area contributed by atoms with Gasteiger partial charge in [-0.2, -0.15) is 5.10 Å². The number of nitrogens with zero attached hydrogens (tertiary/aromatic N) is 1. The highest BCUT2D eigenvalue weighted by Crippen LogP contribution is 2.24. The summed E-state index contributed by atoms with van der Waals surface area (Å²) in [6.45, 7) is 2.11. The van der Waals surface area contributed by atoms with E-state index in [1.807, 2.05) is 18.2 Å². The summed E-state index contributed by atoms with van der Waals surface area (Å²) in [6.07, 6.45) is 1.71. The molecule has 2 aromatic carbocycles. The summed E-state index contributed by atoms with van der Waals surface area (Å²) < 4.78 is 5.14. The topological polar surface area (TPSA) is 84.1 Å². The number of rotatable bonds is 4. The number of nitrogens with one attached hydrogen (secondary N) is 2. The highest BCUT2D eigenvalue weighted by atomic mass is 16.5. The molecule has 0 spiro atoms. The van der Waals surface area contributed by atoms with Crippen LogP contribution in [0.1, 0.15) is 6.92 Å². The number of hydrogen-bond acceptors (Lipinski definition) is 5. The van der Waals surface area contributed by atoms with Crippen molar-refractivity contribution < 1.29 is 4.74 Å². The molecule has 1 aromatic heterocycles. The van der Waals surface area contributed by atoms with E-state index >= 15 is 0 Å². The van der Waals surface area contributed by atoms with Crippen LogP contribution in [-0.2, 0) is 0 Å². The first-order valence-electron chi connectivity index (χ1n) is 5.87. The maximum Gasteiger partial charge on any atom is 0.272 e. The highest BCUT2D eigenvalue weighted by Gasteiger charge is 2.22. The molecule has 0 aliphatic rings. The smallest absolute Gasteiger partial charge is 0.272 e. The van der Waals surface area contributed by atoms with Crippen molar-refractivity contribution in [1.29, 1.82) is 0 Å². The molecule has 0 bridgehead atoms. The van der Waals surface area contributed by atoms with Gasteiger partial charge in [0, 0.05) is 11.1 Å². The summed E-state index contributed by atoms with van der Waals surface area (Å²) in [6, 6.07) is 5.49. The summed E-state index contributed by atoms with van der Waals surface area (Å²) in [5.41, 5.74) is 0.636. The number of aromatic nitrogens is 2. The molecule has 96 valence electrons. The molecule has 0 radical (unpaired) electrons. The number of fused-ring (bicyclic) bond motifs is 1. The van der Waals surface area contributed by atoms with E-state index in [0.717, 1.165) is 10.9 Å². The van der Waals surface area contributed by atoms with Gasteiger partial charge in [0.05, 0.1) is 18.3 Å². The molecule has 0 aliphatic carbocycles. The number of aromatic amines is 1. The van der Waals surface area contributed by atoms with Crippen molar-refractivity contribution in [2.45, 2.75) is 6.92 Å². The zero-order valence-electron chi connectivity index (χ0n) is 10.2. The summed E-state index contributed by atoms with van der Waals surface area (Å²) in [5.74, 6) is 0.109. The van der Waals surface area contributed by atoms with Crippen molar-refractivity contribution >= 4 is 22.3 Å². The molecule has 6 nitrogen and oxygen atoms in total. The lowest BCUT2D eigenvalue weighted by molar-refractivity contribution is 0.335.